The second-order valence-corrected chi connectivity index (χ2v) is 9.23. The number of para-hydroxylation sites is 1. The summed E-state index contributed by atoms with van der Waals surface area (Å²) in [6.07, 6.45) is 1.78. The molecule has 0 atom stereocenters. The van der Waals surface area contributed by atoms with Crippen LogP contribution in [0.25, 0.3) is 5.69 Å². The summed E-state index contributed by atoms with van der Waals surface area (Å²) in [6.45, 7) is 2.43. The van der Waals surface area contributed by atoms with E-state index in [-0.39, 0.29) is 11.6 Å². The van der Waals surface area contributed by atoms with Crippen molar-refractivity contribution in [3.63, 3.8) is 0 Å². The molecule has 2 aliphatic heterocycles. The number of aromatic amines is 1. The van der Waals surface area contributed by atoms with Crippen molar-refractivity contribution in [1.82, 2.24) is 23.4 Å². The van der Waals surface area contributed by atoms with Gasteiger partial charge in [-0.1, -0.05) is 12.1 Å². The topological polar surface area (TPSA) is 101 Å². The molecule has 1 aromatic carbocycles. The summed E-state index contributed by atoms with van der Waals surface area (Å²) in [7, 11) is -3.47. The lowest BCUT2D eigenvalue weighted by atomic mass is 9.94. The maximum Gasteiger partial charge on any atom is 0.348 e. The van der Waals surface area contributed by atoms with Crippen molar-refractivity contribution in [3.8, 4) is 5.69 Å². The van der Waals surface area contributed by atoms with Crippen LogP contribution in [-0.4, -0.2) is 71.2 Å². The average molecular weight is 425 g/mol. The second kappa shape index (κ2) is 8.34. The standard InChI is InChI=1S/C18H24FN5O4S/c19-15-3-1-2-4-16(15)24-17(20-21-18(24)25)13-14-5-7-22(8-6-14)29(26,27)23-9-11-28-12-10-23/h1-4,14H,5-13H2,(H,21,25). The van der Waals surface area contributed by atoms with E-state index in [1.165, 1.54) is 25.3 Å². The van der Waals surface area contributed by atoms with Crippen LogP contribution >= 0.6 is 0 Å². The van der Waals surface area contributed by atoms with Gasteiger partial charge in [-0.05, 0) is 30.9 Å². The lowest BCUT2D eigenvalue weighted by Gasteiger charge is -2.36. The molecule has 3 heterocycles. The van der Waals surface area contributed by atoms with E-state index in [0.717, 1.165) is 0 Å². The van der Waals surface area contributed by atoms with Crippen LogP contribution in [0.2, 0.25) is 0 Å². The number of benzene rings is 1. The fourth-order valence-electron chi connectivity index (χ4n) is 3.89. The fourth-order valence-corrected chi connectivity index (χ4v) is 5.50. The summed E-state index contributed by atoms with van der Waals surface area (Å²) in [6, 6.07) is 6.06. The predicted molar refractivity (Wildman–Crippen MR) is 103 cm³/mol. The van der Waals surface area contributed by atoms with Crippen LogP contribution in [0.1, 0.15) is 18.7 Å². The fraction of sp³-hybridized carbons (Fsp3) is 0.556. The van der Waals surface area contributed by atoms with Crippen molar-refractivity contribution in [3.05, 3.63) is 46.4 Å². The van der Waals surface area contributed by atoms with Crippen LogP contribution in [0, 0.1) is 11.7 Å². The van der Waals surface area contributed by atoms with Crippen LogP contribution in [0.4, 0.5) is 4.39 Å². The Kier molecular flexibility index (Phi) is 5.81. The van der Waals surface area contributed by atoms with Gasteiger partial charge in [0.1, 0.15) is 11.6 Å². The Morgan fingerprint density at radius 2 is 1.76 bits per heavy atom. The van der Waals surface area contributed by atoms with Gasteiger partial charge in [0, 0.05) is 32.6 Å². The Morgan fingerprint density at radius 1 is 1.10 bits per heavy atom. The first kappa shape index (κ1) is 20.2. The number of H-pyrrole nitrogens is 1. The van der Waals surface area contributed by atoms with Crippen molar-refractivity contribution < 1.29 is 17.5 Å². The number of piperidine rings is 1. The minimum atomic E-state index is -3.47. The first-order chi connectivity index (χ1) is 14.0. The van der Waals surface area contributed by atoms with Gasteiger partial charge < -0.3 is 4.74 Å². The van der Waals surface area contributed by atoms with Crippen molar-refractivity contribution in [2.24, 2.45) is 5.92 Å². The molecule has 0 radical (unpaired) electrons. The Hall–Kier alpha value is -2.08. The highest BCUT2D eigenvalue weighted by atomic mass is 32.2. The molecule has 158 valence electrons. The molecule has 0 bridgehead atoms. The molecule has 0 amide bonds. The van der Waals surface area contributed by atoms with Gasteiger partial charge in [-0.15, -0.1) is 0 Å². The molecular formula is C18H24FN5O4S. The number of aromatic nitrogens is 3. The van der Waals surface area contributed by atoms with Crippen LogP contribution < -0.4 is 5.69 Å². The first-order valence-corrected chi connectivity index (χ1v) is 11.1. The zero-order chi connectivity index (χ0) is 20.4. The van der Waals surface area contributed by atoms with E-state index < -0.39 is 21.7 Å². The normalized spacial score (nSPS) is 20.2. The molecule has 1 N–H and O–H groups in total. The molecule has 4 rings (SSSR count). The Morgan fingerprint density at radius 3 is 2.45 bits per heavy atom. The minimum absolute atomic E-state index is 0.159. The van der Waals surface area contributed by atoms with Gasteiger partial charge in [-0.25, -0.2) is 18.9 Å². The molecule has 2 fully saturated rings. The third-order valence-electron chi connectivity index (χ3n) is 5.50. The number of rotatable bonds is 5. The van der Waals surface area contributed by atoms with Gasteiger partial charge in [-0.3, -0.25) is 0 Å². The molecule has 29 heavy (non-hydrogen) atoms. The molecule has 1 aromatic heterocycles. The molecule has 11 heteroatoms. The van der Waals surface area contributed by atoms with Crippen LogP contribution in [0.15, 0.2) is 29.1 Å². The highest BCUT2D eigenvalue weighted by Crippen LogP contribution is 2.25. The Balaban J connectivity index is 1.43. The van der Waals surface area contributed by atoms with Crippen molar-refractivity contribution in [2.75, 3.05) is 39.4 Å². The monoisotopic (exact) mass is 425 g/mol. The zero-order valence-electron chi connectivity index (χ0n) is 16.0. The lowest BCUT2D eigenvalue weighted by molar-refractivity contribution is 0.0693. The molecule has 9 nitrogen and oxygen atoms in total. The molecule has 2 aromatic rings. The summed E-state index contributed by atoms with van der Waals surface area (Å²) in [4.78, 5) is 12.2. The molecule has 0 saturated carbocycles. The largest absolute Gasteiger partial charge is 0.379 e. The van der Waals surface area contributed by atoms with E-state index >= 15 is 0 Å². The summed E-state index contributed by atoms with van der Waals surface area (Å²) in [5.74, 6) is 0.116. The zero-order valence-corrected chi connectivity index (χ0v) is 16.8. The molecule has 2 aliphatic rings. The second-order valence-electron chi connectivity index (χ2n) is 7.30. The van der Waals surface area contributed by atoms with Gasteiger partial charge in [-0.2, -0.15) is 22.1 Å². The van der Waals surface area contributed by atoms with Crippen molar-refractivity contribution >= 4 is 10.2 Å². The molecule has 0 unspecified atom stereocenters. The highest BCUT2D eigenvalue weighted by molar-refractivity contribution is 7.86. The van der Waals surface area contributed by atoms with Gasteiger partial charge in [0.05, 0.1) is 18.9 Å². The van der Waals surface area contributed by atoms with E-state index in [2.05, 4.69) is 10.2 Å². The quantitative estimate of drug-likeness (QED) is 0.753. The number of nitrogens with zero attached hydrogens (tertiary/aromatic N) is 4. The smallest absolute Gasteiger partial charge is 0.348 e. The molecule has 2 saturated heterocycles. The number of morpholine rings is 1. The average Bonchev–Trinajstić information content (AvgIpc) is 3.09. The number of hydrogen-bond acceptors (Lipinski definition) is 5. The maximum atomic E-state index is 14.2. The lowest BCUT2D eigenvalue weighted by Crippen LogP contribution is -2.50. The van der Waals surface area contributed by atoms with Crippen LogP contribution in [0.3, 0.4) is 0 Å². The van der Waals surface area contributed by atoms with E-state index in [9.17, 15) is 17.6 Å². The molecule has 0 aliphatic carbocycles. The first-order valence-electron chi connectivity index (χ1n) is 9.71. The highest BCUT2D eigenvalue weighted by Gasteiger charge is 2.34. The minimum Gasteiger partial charge on any atom is -0.379 e. The number of ether oxygens (including phenoxy) is 1. The van der Waals surface area contributed by atoms with E-state index in [1.54, 1.807) is 12.1 Å². The number of halogens is 1. The van der Waals surface area contributed by atoms with Crippen molar-refractivity contribution in [1.29, 1.82) is 0 Å². The number of hydrogen-bond donors (Lipinski definition) is 1. The van der Waals surface area contributed by atoms with Crippen LogP contribution in [0.5, 0.6) is 0 Å². The summed E-state index contributed by atoms with van der Waals surface area (Å²) < 4.78 is 49.2. The number of nitrogens with one attached hydrogen (secondary N) is 1. The van der Waals surface area contributed by atoms with Crippen molar-refractivity contribution in [2.45, 2.75) is 19.3 Å². The third kappa shape index (κ3) is 4.13. The summed E-state index contributed by atoms with van der Waals surface area (Å²) in [5, 5.41) is 6.47. The summed E-state index contributed by atoms with van der Waals surface area (Å²) in [5.41, 5.74) is -0.328. The Labute approximate surface area is 168 Å². The van der Waals surface area contributed by atoms with E-state index in [4.69, 9.17) is 4.74 Å². The van der Waals surface area contributed by atoms with Gasteiger partial charge >= 0.3 is 5.69 Å². The summed E-state index contributed by atoms with van der Waals surface area (Å²) >= 11 is 0. The third-order valence-corrected chi connectivity index (χ3v) is 7.54. The van der Waals surface area contributed by atoms with E-state index in [1.807, 2.05) is 0 Å². The Bertz CT molecular complexity index is 1010. The maximum absolute atomic E-state index is 14.2. The van der Waals surface area contributed by atoms with Gasteiger partial charge in [0.15, 0.2) is 0 Å². The molecule has 0 spiro atoms. The molecular weight excluding hydrogens is 401 g/mol. The van der Waals surface area contributed by atoms with Crippen LogP contribution in [-0.2, 0) is 21.4 Å². The van der Waals surface area contributed by atoms with E-state index in [0.29, 0.717) is 64.5 Å². The van der Waals surface area contributed by atoms with Gasteiger partial charge in [0.2, 0.25) is 0 Å². The van der Waals surface area contributed by atoms with Gasteiger partial charge in [0.25, 0.3) is 10.2 Å². The SMILES string of the molecule is O=c1[nH]nc(CC2CCN(S(=O)(=O)N3CCOCC3)CC2)n1-c1ccccc1F. The predicted octanol–water partition coefficient (Wildman–Crippen LogP) is 0.531.